The van der Waals surface area contributed by atoms with Crippen molar-refractivity contribution < 1.29 is 4.74 Å². The van der Waals surface area contributed by atoms with E-state index in [1.807, 2.05) is 6.07 Å². The van der Waals surface area contributed by atoms with E-state index in [0.29, 0.717) is 0 Å². The molecule has 0 saturated heterocycles. The van der Waals surface area contributed by atoms with Crippen LogP contribution in [0.5, 0.6) is 5.75 Å². The second-order valence-corrected chi connectivity index (χ2v) is 5.34. The maximum atomic E-state index is 5.55. The second kappa shape index (κ2) is 6.12. The molecule has 0 radical (unpaired) electrons. The van der Waals surface area contributed by atoms with Crippen molar-refractivity contribution in [3.63, 3.8) is 0 Å². The summed E-state index contributed by atoms with van der Waals surface area (Å²) in [6, 6.07) is 4.18. The van der Waals surface area contributed by atoms with Crippen LogP contribution >= 0.6 is 0 Å². The fourth-order valence-electron chi connectivity index (χ4n) is 2.57. The first-order valence-corrected chi connectivity index (χ1v) is 7.22. The van der Waals surface area contributed by atoms with Gasteiger partial charge >= 0.3 is 0 Å². The summed E-state index contributed by atoms with van der Waals surface area (Å²) in [5.41, 5.74) is 6.51. The van der Waals surface area contributed by atoms with Gasteiger partial charge in [-0.05, 0) is 62.9 Å². The predicted molar refractivity (Wildman–Crippen MR) is 87.1 cm³/mol. The van der Waals surface area contributed by atoms with Crippen molar-refractivity contribution in [2.45, 2.75) is 34.6 Å². The number of methoxy groups -OCH3 is 1. The first-order chi connectivity index (χ1) is 9.99. The molecule has 0 aliphatic rings. The molecule has 0 aliphatic heterocycles. The minimum atomic E-state index is 0.835. The molecule has 0 atom stereocenters. The van der Waals surface area contributed by atoms with Crippen LogP contribution < -0.4 is 10.1 Å². The molecule has 1 aromatic heterocycles. The van der Waals surface area contributed by atoms with Crippen molar-refractivity contribution in [2.75, 3.05) is 19.0 Å². The Bertz CT molecular complexity index is 666. The molecule has 0 amide bonds. The molecule has 0 aliphatic carbocycles. The van der Waals surface area contributed by atoms with Crippen LogP contribution in [0.1, 0.15) is 29.2 Å². The van der Waals surface area contributed by atoms with Gasteiger partial charge in [0.05, 0.1) is 7.11 Å². The van der Waals surface area contributed by atoms with Gasteiger partial charge in [0, 0.05) is 12.1 Å². The van der Waals surface area contributed by atoms with E-state index >= 15 is 0 Å². The number of nitrogens with one attached hydrogen (secondary N) is 1. The second-order valence-electron chi connectivity index (χ2n) is 5.34. The molecule has 4 heteroatoms. The molecule has 2 aromatic rings. The lowest BCUT2D eigenvalue weighted by Crippen LogP contribution is -2.07. The zero-order valence-electron chi connectivity index (χ0n) is 13.7. The molecule has 1 N–H and O–H groups in total. The maximum absolute atomic E-state index is 5.55. The molecule has 1 heterocycles. The third-order valence-corrected chi connectivity index (χ3v) is 3.77. The van der Waals surface area contributed by atoms with Crippen molar-refractivity contribution in [3.8, 4) is 17.0 Å². The number of hydrogen-bond acceptors (Lipinski definition) is 4. The minimum absolute atomic E-state index is 0.835. The number of aromatic nitrogens is 2. The van der Waals surface area contributed by atoms with Crippen LogP contribution in [-0.2, 0) is 0 Å². The quantitative estimate of drug-likeness (QED) is 0.927. The van der Waals surface area contributed by atoms with Crippen molar-refractivity contribution >= 4 is 5.82 Å². The van der Waals surface area contributed by atoms with Crippen LogP contribution in [0, 0.1) is 27.7 Å². The summed E-state index contributed by atoms with van der Waals surface area (Å²) < 4.78 is 5.55. The average Bonchev–Trinajstić information content (AvgIpc) is 2.44. The van der Waals surface area contributed by atoms with E-state index in [1.165, 1.54) is 5.56 Å². The van der Waals surface area contributed by atoms with Crippen LogP contribution in [-0.4, -0.2) is 23.9 Å². The lowest BCUT2D eigenvalue weighted by Gasteiger charge is -2.16. The summed E-state index contributed by atoms with van der Waals surface area (Å²) in [4.78, 5) is 0. The highest BCUT2D eigenvalue weighted by atomic mass is 16.5. The smallest absolute Gasteiger partial charge is 0.151 e. The summed E-state index contributed by atoms with van der Waals surface area (Å²) >= 11 is 0. The van der Waals surface area contributed by atoms with Crippen molar-refractivity contribution in [1.82, 2.24) is 10.2 Å². The first kappa shape index (κ1) is 15.3. The van der Waals surface area contributed by atoms with E-state index < -0.39 is 0 Å². The van der Waals surface area contributed by atoms with Gasteiger partial charge in [0.2, 0.25) is 0 Å². The Kier molecular flexibility index (Phi) is 4.46. The third-order valence-electron chi connectivity index (χ3n) is 3.77. The highest BCUT2D eigenvalue weighted by molar-refractivity contribution is 5.75. The Morgan fingerprint density at radius 2 is 1.76 bits per heavy atom. The fraction of sp³-hybridized carbons (Fsp3) is 0.412. The van der Waals surface area contributed by atoms with E-state index in [4.69, 9.17) is 4.74 Å². The fourth-order valence-corrected chi connectivity index (χ4v) is 2.57. The third kappa shape index (κ3) is 2.84. The van der Waals surface area contributed by atoms with E-state index in [9.17, 15) is 0 Å². The number of ether oxygens (including phenoxy) is 1. The summed E-state index contributed by atoms with van der Waals surface area (Å²) in [5, 5.41) is 12.0. The molecule has 112 valence electrons. The average molecular weight is 285 g/mol. The Hall–Kier alpha value is -2.10. The molecule has 0 spiro atoms. The highest BCUT2D eigenvalue weighted by Gasteiger charge is 2.17. The van der Waals surface area contributed by atoms with Gasteiger partial charge in [-0.2, -0.15) is 0 Å². The van der Waals surface area contributed by atoms with Crippen LogP contribution in [0.4, 0.5) is 5.82 Å². The molecular formula is C17H23N3O. The van der Waals surface area contributed by atoms with Gasteiger partial charge in [0.15, 0.2) is 5.82 Å². The number of aryl methyl sites for hydroxylation is 2. The van der Waals surface area contributed by atoms with Gasteiger partial charge in [-0.15, -0.1) is 10.2 Å². The van der Waals surface area contributed by atoms with Crippen LogP contribution in [0.25, 0.3) is 11.3 Å². The van der Waals surface area contributed by atoms with Crippen LogP contribution in [0.2, 0.25) is 0 Å². The van der Waals surface area contributed by atoms with Gasteiger partial charge in [-0.25, -0.2) is 0 Å². The SMILES string of the molecule is CCNc1nnc(-c2c(C)cc(C)cc2OC)c(C)c1C. The molecule has 0 bridgehead atoms. The molecule has 1 aromatic carbocycles. The molecule has 0 saturated carbocycles. The number of nitrogens with zero attached hydrogens (tertiary/aromatic N) is 2. The topological polar surface area (TPSA) is 47.0 Å². The van der Waals surface area contributed by atoms with E-state index in [1.54, 1.807) is 7.11 Å². The maximum Gasteiger partial charge on any atom is 0.151 e. The summed E-state index contributed by atoms with van der Waals surface area (Å²) in [6.45, 7) is 11.2. The molecular weight excluding hydrogens is 262 g/mol. The van der Waals surface area contributed by atoms with Gasteiger partial charge in [-0.3, -0.25) is 0 Å². The van der Waals surface area contributed by atoms with Crippen molar-refractivity contribution in [2.24, 2.45) is 0 Å². The van der Waals surface area contributed by atoms with Crippen LogP contribution in [0.3, 0.4) is 0 Å². The molecule has 0 fully saturated rings. The number of hydrogen-bond donors (Lipinski definition) is 1. The normalized spacial score (nSPS) is 10.6. The first-order valence-electron chi connectivity index (χ1n) is 7.22. The Morgan fingerprint density at radius 3 is 2.38 bits per heavy atom. The largest absolute Gasteiger partial charge is 0.496 e. The van der Waals surface area contributed by atoms with Gasteiger partial charge in [0.25, 0.3) is 0 Å². The Balaban J connectivity index is 2.65. The molecule has 4 nitrogen and oxygen atoms in total. The summed E-state index contributed by atoms with van der Waals surface area (Å²) in [7, 11) is 1.69. The van der Waals surface area contributed by atoms with Crippen molar-refractivity contribution in [3.05, 3.63) is 34.4 Å². The van der Waals surface area contributed by atoms with Gasteiger partial charge in [-0.1, -0.05) is 6.07 Å². The van der Waals surface area contributed by atoms with Crippen molar-refractivity contribution in [1.29, 1.82) is 0 Å². The monoisotopic (exact) mass is 285 g/mol. The lowest BCUT2D eigenvalue weighted by atomic mass is 9.97. The minimum Gasteiger partial charge on any atom is -0.496 e. The predicted octanol–water partition coefficient (Wildman–Crippen LogP) is 3.82. The molecule has 0 unspecified atom stereocenters. The zero-order chi connectivity index (χ0) is 15.6. The number of benzene rings is 1. The highest BCUT2D eigenvalue weighted by Crippen LogP contribution is 2.36. The zero-order valence-corrected chi connectivity index (χ0v) is 13.7. The van der Waals surface area contributed by atoms with E-state index in [0.717, 1.165) is 46.1 Å². The van der Waals surface area contributed by atoms with E-state index in [2.05, 4.69) is 56.2 Å². The summed E-state index contributed by atoms with van der Waals surface area (Å²) in [6.07, 6.45) is 0. The number of rotatable bonds is 4. The Labute approximate surface area is 126 Å². The van der Waals surface area contributed by atoms with Gasteiger partial charge < -0.3 is 10.1 Å². The van der Waals surface area contributed by atoms with Crippen LogP contribution in [0.15, 0.2) is 12.1 Å². The lowest BCUT2D eigenvalue weighted by molar-refractivity contribution is 0.415. The summed E-state index contributed by atoms with van der Waals surface area (Å²) in [5.74, 6) is 1.70. The Morgan fingerprint density at radius 1 is 1.05 bits per heavy atom. The number of anilines is 1. The molecule has 21 heavy (non-hydrogen) atoms. The van der Waals surface area contributed by atoms with E-state index in [-0.39, 0.29) is 0 Å². The standard InChI is InChI=1S/C17H23N3O/c1-7-18-17-13(5)12(4)16(19-20-17)15-11(3)8-10(2)9-14(15)21-6/h8-9H,7H2,1-6H3,(H,18,20). The van der Waals surface area contributed by atoms with Gasteiger partial charge in [0.1, 0.15) is 11.4 Å². The molecule has 2 rings (SSSR count).